The molecule has 3 N–H and O–H groups in total. The number of H-pyrrole nitrogens is 1. The van der Waals surface area contributed by atoms with Crippen LogP contribution in [0.25, 0.3) is 0 Å². The summed E-state index contributed by atoms with van der Waals surface area (Å²) in [5.41, 5.74) is -0.453. The van der Waals surface area contributed by atoms with Crippen molar-refractivity contribution in [2.45, 2.75) is 64.5 Å². The molecule has 0 bridgehead atoms. The number of carbonyl (C=O) groups is 1. The minimum Gasteiger partial charge on any atom is -0.444 e. The molecule has 0 aromatic carbocycles. The molecule has 1 saturated carbocycles. The molecule has 1 aliphatic carbocycles. The number of alkyl carbamates (subject to hydrolysis) is 1. The molecule has 1 aliphatic rings. The second kappa shape index (κ2) is 8.29. The average molecular weight is 323 g/mol. The zero-order valence-electron chi connectivity index (χ0n) is 14.4. The first-order valence-electron chi connectivity index (χ1n) is 8.48. The highest BCUT2D eigenvalue weighted by Gasteiger charge is 2.26. The summed E-state index contributed by atoms with van der Waals surface area (Å²) >= 11 is 0. The van der Waals surface area contributed by atoms with Gasteiger partial charge in [0.15, 0.2) is 0 Å². The molecule has 1 aromatic heterocycles. The molecule has 0 saturated heterocycles. The van der Waals surface area contributed by atoms with Crippen molar-refractivity contribution in [2.24, 2.45) is 5.92 Å². The molecular formula is C16H29N5O2. The summed E-state index contributed by atoms with van der Waals surface area (Å²) in [4.78, 5) is 15.9. The molecule has 7 nitrogen and oxygen atoms in total. The van der Waals surface area contributed by atoms with Crippen LogP contribution in [0, 0.1) is 5.92 Å². The molecular weight excluding hydrogens is 294 g/mol. The quantitative estimate of drug-likeness (QED) is 0.745. The number of amides is 1. The smallest absolute Gasteiger partial charge is 0.407 e. The fraction of sp³-hybridized carbons (Fsp3) is 0.812. The molecule has 23 heavy (non-hydrogen) atoms. The second-order valence-corrected chi connectivity index (χ2v) is 7.17. The van der Waals surface area contributed by atoms with Gasteiger partial charge in [0, 0.05) is 25.6 Å². The zero-order chi connectivity index (χ0) is 16.7. The van der Waals surface area contributed by atoms with Crippen LogP contribution in [0.4, 0.5) is 4.79 Å². The van der Waals surface area contributed by atoms with Crippen LogP contribution in [0.15, 0.2) is 6.33 Å². The van der Waals surface area contributed by atoms with Crippen LogP contribution in [0.5, 0.6) is 0 Å². The van der Waals surface area contributed by atoms with Crippen molar-refractivity contribution in [3.8, 4) is 0 Å². The largest absolute Gasteiger partial charge is 0.444 e. The Bertz CT molecular complexity index is 469. The van der Waals surface area contributed by atoms with E-state index in [1.165, 1.54) is 19.2 Å². The standard InChI is InChI=1S/C16H29N5O2/c1-16(2,3)23-15(22)18-10-12-6-4-5-7-13(12)17-9-8-14-19-11-20-21-14/h11-13,17H,4-10H2,1-3H3,(H,18,22)(H,19,20,21). The van der Waals surface area contributed by atoms with Gasteiger partial charge in [0.1, 0.15) is 17.8 Å². The van der Waals surface area contributed by atoms with Crippen LogP contribution in [0.2, 0.25) is 0 Å². The van der Waals surface area contributed by atoms with E-state index in [4.69, 9.17) is 4.74 Å². The van der Waals surface area contributed by atoms with E-state index in [0.717, 1.165) is 31.6 Å². The highest BCUT2D eigenvalue weighted by Crippen LogP contribution is 2.24. The van der Waals surface area contributed by atoms with Gasteiger partial charge in [0.05, 0.1) is 0 Å². The molecule has 1 fully saturated rings. The van der Waals surface area contributed by atoms with Gasteiger partial charge in [-0.05, 0) is 39.5 Å². The summed E-state index contributed by atoms with van der Waals surface area (Å²) in [5, 5.41) is 13.2. The fourth-order valence-corrected chi connectivity index (χ4v) is 2.98. The number of carbonyl (C=O) groups excluding carboxylic acids is 1. The van der Waals surface area contributed by atoms with E-state index < -0.39 is 5.60 Å². The summed E-state index contributed by atoms with van der Waals surface area (Å²) in [6.45, 7) is 7.15. The lowest BCUT2D eigenvalue weighted by Crippen LogP contribution is -2.45. The van der Waals surface area contributed by atoms with Crippen LogP contribution in [-0.2, 0) is 11.2 Å². The lowest BCUT2D eigenvalue weighted by Gasteiger charge is -2.32. The average Bonchev–Trinajstić information content (AvgIpc) is 2.98. The fourth-order valence-electron chi connectivity index (χ4n) is 2.98. The van der Waals surface area contributed by atoms with E-state index in [2.05, 4.69) is 25.8 Å². The third kappa shape index (κ3) is 6.56. The Hall–Kier alpha value is -1.63. The number of ether oxygens (including phenoxy) is 1. The van der Waals surface area contributed by atoms with Crippen molar-refractivity contribution in [2.75, 3.05) is 13.1 Å². The predicted octanol–water partition coefficient (Wildman–Crippen LogP) is 2.02. The van der Waals surface area contributed by atoms with Crippen LogP contribution in [0.3, 0.4) is 0 Å². The number of hydrogen-bond donors (Lipinski definition) is 3. The third-order valence-corrected chi connectivity index (χ3v) is 4.05. The van der Waals surface area contributed by atoms with Crippen LogP contribution in [0.1, 0.15) is 52.3 Å². The summed E-state index contributed by atoms with van der Waals surface area (Å²) in [7, 11) is 0. The van der Waals surface area contributed by atoms with Gasteiger partial charge < -0.3 is 15.4 Å². The van der Waals surface area contributed by atoms with E-state index in [9.17, 15) is 4.79 Å². The molecule has 130 valence electrons. The number of nitrogens with one attached hydrogen (secondary N) is 3. The number of rotatable bonds is 6. The van der Waals surface area contributed by atoms with E-state index in [1.54, 1.807) is 0 Å². The molecule has 1 aromatic rings. The minimum absolute atomic E-state index is 0.330. The molecule has 1 amide bonds. The predicted molar refractivity (Wildman–Crippen MR) is 88.1 cm³/mol. The summed E-state index contributed by atoms with van der Waals surface area (Å²) in [6, 6.07) is 0.432. The van der Waals surface area contributed by atoms with Gasteiger partial charge in [-0.15, -0.1) is 0 Å². The minimum atomic E-state index is -0.453. The molecule has 0 spiro atoms. The first-order chi connectivity index (χ1) is 10.9. The van der Waals surface area contributed by atoms with Crippen molar-refractivity contribution >= 4 is 6.09 Å². The molecule has 2 atom stereocenters. The van der Waals surface area contributed by atoms with E-state index >= 15 is 0 Å². The Balaban J connectivity index is 1.73. The SMILES string of the molecule is CC(C)(C)OC(=O)NCC1CCCCC1NCCc1ncn[nH]1. The maximum Gasteiger partial charge on any atom is 0.407 e. The van der Waals surface area contributed by atoms with Crippen molar-refractivity contribution in [3.05, 3.63) is 12.2 Å². The first kappa shape index (κ1) is 17.7. The van der Waals surface area contributed by atoms with Gasteiger partial charge in [0.2, 0.25) is 0 Å². The number of nitrogens with zero attached hydrogens (tertiary/aromatic N) is 2. The maximum atomic E-state index is 11.8. The van der Waals surface area contributed by atoms with Crippen molar-refractivity contribution in [1.29, 1.82) is 0 Å². The highest BCUT2D eigenvalue weighted by atomic mass is 16.6. The molecule has 0 aliphatic heterocycles. The molecule has 7 heteroatoms. The van der Waals surface area contributed by atoms with Crippen molar-refractivity contribution in [3.63, 3.8) is 0 Å². The van der Waals surface area contributed by atoms with Crippen LogP contribution >= 0.6 is 0 Å². The topological polar surface area (TPSA) is 91.9 Å². The molecule has 0 radical (unpaired) electrons. The van der Waals surface area contributed by atoms with Crippen molar-refractivity contribution < 1.29 is 9.53 Å². The Kier molecular flexibility index (Phi) is 6.38. The lowest BCUT2D eigenvalue weighted by atomic mass is 9.84. The van der Waals surface area contributed by atoms with E-state index in [0.29, 0.717) is 18.5 Å². The normalized spacial score (nSPS) is 21.9. The summed E-state index contributed by atoms with van der Waals surface area (Å²) in [6.07, 6.45) is 6.78. The van der Waals surface area contributed by atoms with E-state index in [1.807, 2.05) is 20.8 Å². The maximum absolute atomic E-state index is 11.8. The van der Waals surface area contributed by atoms with Gasteiger partial charge in [0.25, 0.3) is 0 Å². The summed E-state index contributed by atoms with van der Waals surface area (Å²) in [5.74, 6) is 1.35. The van der Waals surface area contributed by atoms with Crippen molar-refractivity contribution in [1.82, 2.24) is 25.8 Å². The van der Waals surface area contributed by atoms with Gasteiger partial charge in [-0.3, -0.25) is 5.10 Å². The second-order valence-electron chi connectivity index (χ2n) is 7.17. The highest BCUT2D eigenvalue weighted by molar-refractivity contribution is 5.67. The lowest BCUT2D eigenvalue weighted by molar-refractivity contribution is 0.0511. The Labute approximate surface area is 138 Å². The van der Waals surface area contributed by atoms with Crippen LogP contribution in [-0.4, -0.2) is 46.0 Å². The van der Waals surface area contributed by atoms with Crippen LogP contribution < -0.4 is 10.6 Å². The molecule has 2 unspecified atom stereocenters. The number of hydrogen-bond acceptors (Lipinski definition) is 5. The summed E-state index contributed by atoms with van der Waals surface area (Å²) < 4.78 is 5.30. The molecule has 1 heterocycles. The number of aromatic amines is 1. The zero-order valence-corrected chi connectivity index (χ0v) is 14.4. The third-order valence-electron chi connectivity index (χ3n) is 4.05. The van der Waals surface area contributed by atoms with Gasteiger partial charge in [-0.25, -0.2) is 9.78 Å². The van der Waals surface area contributed by atoms with Gasteiger partial charge in [-0.2, -0.15) is 5.10 Å². The first-order valence-corrected chi connectivity index (χ1v) is 8.48. The van der Waals surface area contributed by atoms with Gasteiger partial charge in [-0.1, -0.05) is 12.8 Å². The van der Waals surface area contributed by atoms with Gasteiger partial charge >= 0.3 is 6.09 Å². The monoisotopic (exact) mass is 323 g/mol. The van der Waals surface area contributed by atoms with E-state index in [-0.39, 0.29) is 6.09 Å². The number of aromatic nitrogens is 3. The Morgan fingerprint density at radius 1 is 1.39 bits per heavy atom. The Morgan fingerprint density at radius 2 is 2.17 bits per heavy atom. The Morgan fingerprint density at radius 3 is 2.87 bits per heavy atom. The molecule has 2 rings (SSSR count).